The molecular weight excluding hydrogens is 302 g/mol. The summed E-state index contributed by atoms with van der Waals surface area (Å²) in [7, 11) is 0. The van der Waals surface area contributed by atoms with Gasteiger partial charge in [-0.15, -0.1) is 11.8 Å². The summed E-state index contributed by atoms with van der Waals surface area (Å²) in [5.74, 6) is 1.01. The number of amides is 1. The number of hydrogen-bond acceptors (Lipinski definition) is 2. The third-order valence-electron chi connectivity index (χ3n) is 3.83. The first-order valence-electron chi connectivity index (χ1n) is 8.35. The Morgan fingerprint density at radius 3 is 2.22 bits per heavy atom. The number of carbonyl (C=O) groups is 1. The van der Waals surface area contributed by atoms with Crippen molar-refractivity contribution in [3.63, 3.8) is 0 Å². The quantitative estimate of drug-likeness (QED) is 0.674. The molecule has 0 radical (unpaired) electrons. The van der Waals surface area contributed by atoms with Crippen LogP contribution in [0.25, 0.3) is 0 Å². The predicted molar refractivity (Wildman–Crippen MR) is 101 cm³/mol. The predicted octanol–water partition coefficient (Wildman–Crippen LogP) is 5.57. The molecule has 0 saturated heterocycles. The average molecular weight is 327 g/mol. The molecule has 1 N–H and O–H groups in total. The number of anilines is 1. The van der Waals surface area contributed by atoms with Crippen LogP contribution in [0, 0.1) is 0 Å². The summed E-state index contributed by atoms with van der Waals surface area (Å²) in [5, 5.41) is 3.16. The van der Waals surface area contributed by atoms with Crippen LogP contribution in [0.1, 0.15) is 48.7 Å². The van der Waals surface area contributed by atoms with Gasteiger partial charge < -0.3 is 5.32 Å². The van der Waals surface area contributed by atoms with E-state index in [-0.39, 0.29) is 5.91 Å². The monoisotopic (exact) mass is 327 g/mol. The molecule has 2 aromatic carbocycles. The van der Waals surface area contributed by atoms with E-state index in [1.807, 2.05) is 24.3 Å². The van der Waals surface area contributed by atoms with Crippen LogP contribution in [0.2, 0.25) is 0 Å². The van der Waals surface area contributed by atoms with E-state index in [4.69, 9.17) is 0 Å². The van der Waals surface area contributed by atoms with E-state index in [9.17, 15) is 4.79 Å². The van der Waals surface area contributed by atoms with Crippen LogP contribution in [-0.2, 0) is 12.8 Å². The molecule has 0 atom stereocenters. The summed E-state index contributed by atoms with van der Waals surface area (Å²) in [6.07, 6.45) is 2.92. The average Bonchev–Trinajstić information content (AvgIpc) is 2.60. The Bertz CT molecular complexity index is 644. The number of para-hydroxylation sites is 1. The third kappa shape index (κ3) is 4.38. The largest absolute Gasteiger partial charge is 0.321 e. The summed E-state index contributed by atoms with van der Waals surface area (Å²) in [5.41, 5.74) is 4.13. The van der Waals surface area contributed by atoms with E-state index in [2.05, 4.69) is 44.3 Å². The summed E-state index contributed by atoms with van der Waals surface area (Å²) < 4.78 is 0. The number of rotatable bonds is 7. The topological polar surface area (TPSA) is 29.1 Å². The normalized spacial score (nSPS) is 10.6. The maximum absolute atomic E-state index is 12.8. The second-order valence-corrected chi connectivity index (χ2v) is 6.59. The maximum atomic E-state index is 12.8. The highest BCUT2D eigenvalue weighted by atomic mass is 32.2. The number of thioether (sulfide) groups is 1. The number of nitrogens with one attached hydrogen (secondary N) is 1. The first kappa shape index (κ1) is 17.6. The molecule has 122 valence electrons. The molecule has 0 aliphatic rings. The lowest BCUT2D eigenvalue weighted by Gasteiger charge is -2.15. The van der Waals surface area contributed by atoms with Gasteiger partial charge in [-0.3, -0.25) is 4.79 Å². The number of carbonyl (C=O) groups excluding carboxylic acids is 1. The van der Waals surface area contributed by atoms with Crippen molar-refractivity contribution in [3.05, 3.63) is 59.2 Å². The van der Waals surface area contributed by atoms with E-state index >= 15 is 0 Å². The Hall–Kier alpha value is -1.74. The van der Waals surface area contributed by atoms with Crippen LogP contribution in [0.5, 0.6) is 0 Å². The van der Waals surface area contributed by atoms with Crippen molar-refractivity contribution in [1.29, 1.82) is 0 Å². The third-order valence-corrected chi connectivity index (χ3v) is 5.11. The van der Waals surface area contributed by atoms with E-state index in [0.717, 1.165) is 41.2 Å². The number of hydrogen-bond donors (Lipinski definition) is 1. The Balaban J connectivity index is 2.30. The zero-order valence-electron chi connectivity index (χ0n) is 14.2. The highest BCUT2D eigenvalue weighted by Crippen LogP contribution is 2.27. The minimum atomic E-state index is -0.0141. The van der Waals surface area contributed by atoms with Gasteiger partial charge >= 0.3 is 0 Å². The van der Waals surface area contributed by atoms with E-state index in [1.165, 1.54) is 11.1 Å². The molecule has 0 spiro atoms. The molecule has 2 rings (SSSR count). The molecule has 2 aromatic rings. The van der Waals surface area contributed by atoms with Gasteiger partial charge in [0.15, 0.2) is 0 Å². The molecule has 0 aliphatic heterocycles. The van der Waals surface area contributed by atoms with Crippen molar-refractivity contribution >= 4 is 23.4 Å². The van der Waals surface area contributed by atoms with Gasteiger partial charge in [0.05, 0.1) is 5.56 Å². The van der Waals surface area contributed by atoms with Crippen molar-refractivity contribution < 1.29 is 4.79 Å². The van der Waals surface area contributed by atoms with Crippen LogP contribution >= 0.6 is 11.8 Å². The van der Waals surface area contributed by atoms with E-state index in [1.54, 1.807) is 11.8 Å². The Morgan fingerprint density at radius 2 is 1.61 bits per heavy atom. The fraction of sp³-hybridized carbons (Fsp3) is 0.350. The highest BCUT2D eigenvalue weighted by Gasteiger charge is 2.14. The van der Waals surface area contributed by atoms with E-state index < -0.39 is 0 Å². The van der Waals surface area contributed by atoms with Crippen LogP contribution in [0.15, 0.2) is 47.4 Å². The van der Waals surface area contributed by atoms with Crippen molar-refractivity contribution in [3.8, 4) is 0 Å². The number of benzene rings is 2. The molecule has 0 heterocycles. The minimum Gasteiger partial charge on any atom is -0.321 e. The van der Waals surface area contributed by atoms with Gasteiger partial charge in [0, 0.05) is 10.6 Å². The molecule has 0 unspecified atom stereocenters. The van der Waals surface area contributed by atoms with Crippen molar-refractivity contribution in [1.82, 2.24) is 0 Å². The zero-order chi connectivity index (χ0) is 16.7. The SMILES string of the molecule is CCCSc1ccccc1C(=O)Nc1c(CC)cccc1CC. The lowest BCUT2D eigenvalue weighted by Crippen LogP contribution is -2.15. The summed E-state index contributed by atoms with van der Waals surface area (Å²) in [6, 6.07) is 14.1. The van der Waals surface area contributed by atoms with Gasteiger partial charge in [0.1, 0.15) is 0 Å². The molecule has 0 aliphatic carbocycles. The molecule has 0 saturated carbocycles. The molecular formula is C20H25NOS. The van der Waals surface area contributed by atoms with Crippen LogP contribution in [0.4, 0.5) is 5.69 Å². The highest BCUT2D eigenvalue weighted by molar-refractivity contribution is 7.99. The molecule has 3 heteroatoms. The molecule has 0 fully saturated rings. The molecule has 1 amide bonds. The van der Waals surface area contributed by atoms with E-state index in [0.29, 0.717) is 0 Å². The standard InChI is InChI=1S/C20H25NOS/c1-4-14-23-18-13-8-7-12-17(18)20(22)21-19-15(5-2)10-9-11-16(19)6-3/h7-13H,4-6,14H2,1-3H3,(H,21,22). The lowest BCUT2D eigenvalue weighted by atomic mass is 10.0. The lowest BCUT2D eigenvalue weighted by molar-refractivity contribution is 0.102. The second kappa shape index (κ2) is 8.78. The van der Waals surface area contributed by atoms with Crippen LogP contribution in [0.3, 0.4) is 0 Å². The zero-order valence-corrected chi connectivity index (χ0v) is 15.0. The number of aryl methyl sites for hydroxylation is 2. The fourth-order valence-corrected chi connectivity index (χ4v) is 3.49. The smallest absolute Gasteiger partial charge is 0.256 e. The van der Waals surface area contributed by atoms with Crippen LogP contribution < -0.4 is 5.32 Å². The second-order valence-electron chi connectivity index (χ2n) is 5.46. The first-order chi connectivity index (χ1) is 11.2. The maximum Gasteiger partial charge on any atom is 0.256 e. The molecule has 23 heavy (non-hydrogen) atoms. The van der Waals surface area contributed by atoms with Gasteiger partial charge in [-0.2, -0.15) is 0 Å². The van der Waals surface area contributed by atoms with Gasteiger partial charge in [-0.25, -0.2) is 0 Å². The van der Waals surface area contributed by atoms with Gasteiger partial charge in [0.2, 0.25) is 0 Å². The Labute approximate surface area is 143 Å². The summed E-state index contributed by atoms with van der Waals surface area (Å²) in [6.45, 7) is 6.39. The van der Waals surface area contributed by atoms with Crippen LogP contribution in [-0.4, -0.2) is 11.7 Å². The fourth-order valence-electron chi connectivity index (χ4n) is 2.58. The van der Waals surface area contributed by atoms with Crippen molar-refractivity contribution in [2.24, 2.45) is 0 Å². The minimum absolute atomic E-state index is 0.0141. The first-order valence-corrected chi connectivity index (χ1v) is 9.33. The Morgan fingerprint density at radius 1 is 0.957 bits per heavy atom. The summed E-state index contributed by atoms with van der Waals surface area (Å²) in [4.78, 5) is 13.9. The van der Waals surface area contributed by atoms with Gasteiger partial charge in [-0.05, 0) is 48.3 Å². The van der Waals surface area contributed by atoms with Gasteiger partial charge in [0.25, 0.3) is 5.91 Å². The van der Waals surface area contributed by atoms with Crippen molar-refractivity contribution in [2.45, 2.75) is 44.9 Å². The summed E-state index contributed by atoms with van der Waals surface area (Å²) >= 11 is 1.75. The molecule has 0 bridgehead atoms. The van der Waals surface area contributed by atoms with Gasteiger partial charge in [-0.1, -0.05) is 51.1 Å². The Kier molecular flexibility index (Phi) is 6.72. The molecule has 0 aromatic heterocycles. The van der Waals surface area contributed by atoms with Crippen molar-refractivity contribution in [2.75, 3.05) is 11.1 Å². The molecule has 2 nitrogen and oxygen atoms in total.